The Morgan fingerprint density at radius 1 is 0.909 bits per heavy atom. The fraction of sp³-hybridized carbons (Fsp3) is 0.375. The Kier molecular flexibility index (Phi) is 7.27. The van der Waals surface area contributed by atoms with Crippen LogP contribution in [0.5, 0.6) is 0 Å². The van der Waals surface area contributed by atoms with Crippen LogP contribution in [0.1, 0.15) is 5.56 Å². The second-order valence-corrected chi connectivity index (χ2v) is 8.83. The molecule has 3 aromatic rings. The minimum Gasteiger partial charge on any atom is -0.353 e. The predicted molar refractivity (Wildman–Crippen MR) is 130 cm³/mol. The SMILES string of the molecule is CN1CCN(CCNC(=O)Cn2c(=O)c(=O)n(Cc3ccc(Cl)cc3)c3ccccc32)CC1. The van der Waals surface area contributed by atoms with Crippen molar-refractivity contribution in [2.24, 2.45) is 0 Å². The number of para-hydroxylation sites is 2. The summed E-state index contributed by atoms with van der Waals surface area (Å²) in [7, 11) is 2.10. The highest BCUT2D eigenvalue weighted by Crippen LogP contribution is 2.14. The molecule has 0 unspecified atom stereocenters. The van der Waals surface area contributed by atoms with Crippen molar-refractivity contribution in [3.8, 4) is 0 Å². The average Bonchev–Trinajstić information content (AvgIpc) is 2.82. The second kappa shape index (κ2) is 10.3. The molecule has 0 spiro atoms. The molecule has 8 nitrogen and oxygen atoms in total. The highest BCUT2D eigenvalue weighted by atomic mass is 35.5. The number of rotatable bonds is 7. The molecule has 33 heavy (non-hydrogen) atoms. The van der Waals surface area contributed by atoms with E-state index in [0.29, 0.717) is 22.6 Å². The topological polar surface area (TPSA) is 79.6 Å². The van der Waals surface area contributed by atoms with Crippen LogP contribution in [0.3, 0.4) is 0 Å². The number of fused-ring (bicyclic) bond motifs is 1. The highest BCUT2D eigenvalue weighted by Gasteiger charge is 2.17. The first-order valence-electron chi connectivity index (χ1n) is 11.1. The number of carbonyl (C=O) groups is 1. The molecule has 0 saturated carbocycles. The summed E-state index contributed by atoms with van der Waals surface area (Å²) in [6.45, 7) is 5.29. The molecular weight excluding hydrogens is 442 g/mol. The predicted octanol–water partition coefficient (Wildman–Crippen LogP) is 1.23. The van der Waals surface area contributed by atoms with Crippen molar-refractivity contribution in [2.45, 2.75) is 13.1 Å². The molecule has 4 rings (SSSR count). The summed E-state index contributed by atoms with van der Waals surface area (Å²) in [6, 6.07) is 14.3. The molecule has 0 atom stereocenters. The first-order valence-corrected chi connectivity index (χ1v) is 11.4. The molecule has 1 fully saturated rings. The molecule has 1 N–H and O–H groups in total. The summed E-state index contributed by atoms with van der Waals surface area (Å²) in [4.78, 5) is 43.1. The van der Waals surface area contributed by atoms with E-state index < -0.39 is 11.1 Å². The fourth-order valence-corrected chi connectivity index (χ4v) is 4.21. The molecule has 0 bridgehead atoms. The number of hydrogen-bond acceptors (Lipinski definition) is 5. The molecule has 1 aromatic heterocycles. The van der Waals surface area contributed by atoms with Gasteiger partial charge in [-0.1, -0.05) is 35.9 Å². The standard InChI is InChI=1S/C24H28ClN5O3/c1-27-12-14-28(15-13-27)11-10-26-22(31)17-30-21-5-3-2-4-20(21)29(23(32)24(30)33)16-18-6-8-19(25)9-7-18/h2-9H,10-17H2,1H3,(H,26,31). The summed E-state index contributed by atoms with van der Waals surface area (Å²) in [6.07, 6.45) is 0. The van der Waals surface area contributed by atoms with Crippen molar-refractivity contribution in [3.05, 3.63) is 79.8 Å². The number of likely N-dealkylation sites (N-methyl/N-ethyl adjacent to an activating group) is 1. The van der Waals surface area contributed by atoms with Gasteiger partial charge in [0.15, 0.2) is 0 Å². The lowest BCUT2D eigenvalue weighted by atomic mass is 10.2. The molecule has 1 saturated heterocycles. The van der Waals surface area contributed by atoms with Crippen LogP contribution in [0.2, 0.25) is 5.02 Å². The Balaban J connectivity index is 1.51. The third-order valence-corrected chi connectivity index (χ3v) is 6.29. The number of aromatic nitrogens is 2. The third kappa shape index (κ3) is 5.52. The summed E-state index contributed by atoms with van der Waals surface area (Å²) in [5, 5.41) is 3.49. The number of halogens is 1. The van der Waals surface area contributed by atoms with Gasteiger partial charge < -0.3 is 10.2 Å². The van der Waals surface area contributed by atoms with E-state index in [9.17, 15) is 14.4 Å². The molecule has 1 aliphatic rings. The van der Waals surface area contributed by atoms with Crippen LogP contribution in [-0.2, 0) is 17.9 Å². The van der Waals surface area contributed by atoms with Crippen molar-refractivity contribution >= 4 is 28.5 Å². The van der Waals surface area contributed by atoms with Crippen LogP contribution in [0.15, 0.2) is 58.1 Å². The summed E-state index contributed by atoms with van der Waals surface area (Å²) in [5.41, 5.74) is 0.629. The summed E-state index contributed by atoms with van der Waals surface area (Å²) in [5.74, 6) is -0.286. The van der Waals surface area contributed by atoms with E-state index in [4.69, 9.17) is 11.6 Å². The van der Waals surface area contributed by atoms with E-state index in [2.05, 4.69) is 22.2 Å². The first-order chi connectivity index (χ1) is 15.9. The molecule has 1 amide bonds. The van der Waals surface area contributed by atoms with E-state index in [1.165, 1.54) is 9.13 Å². The minimum atomic E-state index is -0.711. The lowest BCUT2D eigenvalue weighted by molar-refractivity contribution is -0.121. The molecule has 9 heteroatoms. The number of carbonyl (C=O) groups excluding carboxylic acids is 1. The maximum Gasteiger partial charge on any atom is 0.317 e. The summed E-state index contributed by atoms with van der Waals surface area (Å²) < 4.78 is 2.71. The average molecular weight is 470 g/mol. The van der Waals surface area contributed by atoms with Gasteiger partial charge in [-0.15, -0.1) is 0 Å². The molecule has 174 valence electrons. The van der Waals surface area contributed by atoms with Gasteiger partial charge in [-0.25, -0.2) is 0 Å². The van der Waals surface area contributed by atoms with Gasteiger partial charge in [0.2, 0.25) is 5.91 Å². The summed E-state index contributed by atoms with van der Waals surface area (Å²) >= 11 is 5.96. The zero-order valence-electron chi connectivity index (χ0n) is 18.7. The van der Waals surface area contributed by atoms with E-state index in [0.717, 1.165) is 38.3 Å². The molecule has 2 aromatic carbocycles. The van der Waals surface area contributed by atoms with E-state index in [1.807, 2.05) is 18.2 Å². The van der Waals surface area contributed by atoms with E-state index >= 15 is 0 Å². The first kappa shape index (κ1) is 23.2. The van der Waals surface area contributed by atoms with Gasteiger partial charge in [0, 0.05) is 44.3 Å². The van der Waals surface area contributed by atoms with Gasteiger partial charge in [-0.3, -0.25) is 28.4 Å². The van der Waals surface area contributed by atoms with Gasteiger partial charge in [-0.05, 0) is 36.9 Å². The quantitative estimate of drug-likeness (QED) is 0.526. The van der Waals surface area contributed by atoms with Gasteiger partial charge >= 0.3 is 11.1 Å². The molecule has 1 aliphatic heterocycles. The zero-order chi connectivity index (χ0) is 23.4. The smallest absolute Gasteiger partial charge is 0.317 e. The van der Waals surface area contributed by atoms with Crippen LogP contribution >= 0.6 is 11.6 Å². The highest BCUT2D eigenvalue weighted by molar-refractivity contribution is 6.30. The molecule has 0 radical (unpaired) electrons. The maximum atomic E-state index is 13.0. The second-order valence-electron chi connectivity index (χ2n) is 8.39. The lowest BCUT2D eigenvalue weighted by Crippen LogP contribution is -2.47. The Labute approximate surface area is 197 Å². The van der Waals surface area contributed by atoms with Crippen LogP contribution in [0.4, 0.5) is 0 Å². The number of benzene rings is 2. The molecule has 2 heterocycles. The van der Waals surface area contributed by atoms with Crippen LogP contribution < -0.4 is 16.4 Å². The number of hydrogen-bond donors (Lipinski definition) is 1. The van der Waals surface area contributed by atoms with Crippen molar-refractivity contribution in [2.75, 3.05) is 46.3 Å². The van der Waals surface area contributed by atoms with Crippen molar-refractivity contribution in [1.29, 1.82) is 0 Å². The van der Waals surface area contributed by atoms with E-state index in [1.54, 1.807) is 30.3 Å². The third-order valence-electron chi connectivity index (χ3n) is 6.04. The van der Waals surface area contributed by atoms with Crippen LogP contribution in [0.25, 0.3) is 11.0 Å². The number of nitrogens with zero attached hydrogens (tertiary/aromatic N) is 4. The van der Waals surface area contributed by atoms with E-state index in [-0.39, 0.29) is 19.0 Å². The van der Waals surface area contributed by atoms with Gasteiger partial charge in [-0.2, -0.15) is 0 Å². The van der Waals surface area contributed by atoms with Crippen molar-refractivity contribution in [1.82, 2.24) is 24.3 Å². The lowest BCUT2D eigenvalue weighted by Gasteiger charge is -2.32. The molecular formula is C24H28ClN5O3. The molecule has 0 aliphatic carbocycles. The Morgan fingerprint density at radius 3 is 2.18 bits per heavy atom. The van der Waals surface area contributed by atoms with Crippen molar-refractivity contribution in [3.63, 3.8) is 0 Å². The van der Waals surface area contributed by atoms with Gasteiger partial charge in [0.25, 0.3) is 0 Å². The minimum absolute atomic E-state index is 0.195. The number of amides is 1. The maximum absolute atomic E-state index is 13.0. The normalized spacial score (nSPS) is 15.1. The Hall–Kier alpha value is -2.94. The number of piperazine rings is 1. The van der Waals surface area contributed by atoms with Crippen LogP contribution in [-0.4, -0.2) is 71.2 Å². The zero-order valence-corrected chi connectivity index (χ0v) is 19.4. The monoisotopic (exact) mass is 469 g/mol. The van der Waals surface area contributed by atoms with Crippen molar-refractivity contribution < 1.29 is 4.79 Å². The Bertz CT molecular complexity index is 1240. The number of nitrogens with one attached hydrogen (secondary N) is 1. The van der Waals surface area contributed by atoms with Gasteiger partial charge in [0.1, 0.15) is 6.54 Å². The largest absolute Gasteiger partial charge is 0.353 e. The Morgan fingerprint density at radius 2 is 1.52 bits per heavy atom. The van der Waals surface area contributed by atoms with Crippen LogP contribution in [0, 0.1) is 0 Å². The van der Waals surface area contributed by atoms with Gasteiger partial charge in [0.05, 0.1) is 17.6 Å². The fourth-order valence-electron chi connectivity index (χ4n) is 4.08.